The number of aliphatic carboxylic acids is 1. The van der Waals surface area contributed by atoms with Gasteiger partial charge in [-0.15, -0.1) is 0 Å². The number of hydrogen-bond donors (Lipinski definition) is 3. The summed E-state index contributed by atoms with van der Waals surface area (Å²) in [5.41, 5.74) is 4.68. The lowest BCUT2D eigenvalue weighted by molar-refractivity contribution is -0.143. The van der Waals surface area contributed by atoms with E-state index in [1.165, 1.54) is 0 Å². The molecule has 0 spiro atoms. The first-order valence-electron chi connectivity index (χ1n) is 7.26. The molecule has 5 heteroatoms. The summed E-state index contributed by atoms with van der Waals surface area (Å²) in [6, 6.07) is 0. The number of amides is 1. The zero-order chi connectivity index (χ0) is 13.9. The van der Waals surface area contributed by atoms with Crippen LogP contribution in [0.4, 0.5) is 0 Å². The fourth-order valence-corrected chi connectivity index (χ4v) is 2.98. The van der Waals surface area contributed by atoms with Crippen LogP contribution >= 0.6 is 0 Å². The molecule has 2 fully saturated rings. The van der Waals surface area contributed by atoms with Gasteiger partial charge in [0.15, 0.2) is 0 Å². The highest BCUT2D eigenvalue weighted by atomic mass is 16.4. The van der Waals surface area contributed by atoms with Gasteiger partial charge in [0.1, 0.15) is 0 Å². The van der Waals surface area contributed by atoms with Crippen LogP contribution in [0.15, 0.2) is 0 Å². The fraction of sp³-hybridized carbons (Fsp3) is 0.857. The summed E-state index contributed by atoms with van der Waals surface area (Å²) < 4.78 is 0. The molecule has 5 nitrogen and oxygen atoms in total. The molecule has 0 aliphatic heterocycles. The molecule has 0 heterocycles. The van der Waals surface area contributed by atoms with Gasteiger partial charge >= 0.3 is 5.97 Å². The number of nitrogens with one attached hydrogen (secondary N) is 1. The van der Waals surface area contributed by atoms with Gasteiger partial charge in [0.2, 0.25) is 5.91 Å². The first-order chi connectivity index (χ1) is 9.05. The van der Waals surface area contributed by atoms with Crippen LogP contribution in [0.1, 0.15) is 51.4 Å². The van der Waals surface area contributed by atoms with Gasteiger partial charge < -0.3 is 16.2 Å². The molecule has 0 saturated heterocycles. The van der Waals surface area contributed by atoms with E-state index in [2.05, 4.69) is 5.32 Å². The van der Waals surface area contributed by atoms with Gasteiger partial charge in [-0.05, 0) is 25.7 Å². The van der Waals surface area contributed by atoms with Crippen molar-refractivity contribution in [2.45, 2.75) is 51.4 Å². The van der Waals surface area contributed by atoms with Crippen LogP contribution in [0.2, 0.25) is 0 Å². The third-order valence-electron chi connectivity index (χ3n) is 4.83. The first-order valence-corrected chi connectivity index (χ1v) is 7.26. The van der Waals surface area contributed by atoms with Crippen molar-refractivity contribution in [1.82, 2.24) is 5.32 Å². The maximum atomic E-state index is 12.4. The Morgan fingerprint density at radius 2 is 1.58 bits per heavy atom. The van der Waals surface area contributed by atoms with Crippen molar-refractivity contribution >= 4 is 11.9 Å². The number of carboxylic acids is 1. The Hall–Kier alpha value is -1.10. The van der Waals surface area contributed by atoms with Crippen molar-refractivity contribution < 1.29 is 14.7 Å². The van der Waals surface area contributed by atoms with E-state index in [0.29, 0.717) is 19.4 Å². The number of rotatable bonds is 5. The van der Waals surface area contributed by atoms with Crippen LogP contribution < -0.4 is 11.1 Å². The summed E-state index contributed by atoms with van der Waals surface area (Å²) in [6.45, 7) is 0.613. The summed E-state index contributed by atoms with van der Waals surface area (Å²) in [5.74, 6) is -0.833. The third-order valence-corrected chi connectivity index (χ3v) is 4.83. The van der Waals surface area contributed by atoms with Crippen molar-refractivity contribution in [1.29, 1.82) is 0 Å². The molecule has 108 valence electrons. The molecule has 1 amide bonds. The second-order valence-electron chi connectivity index (χ2n) is 6.17. The molecule has 0 unspecified atom stereocenters. The van der Waals surface area contributed by atoms with Crippen LogP contribution in [-0.4, -0.2) is 30.1 Å². The molecule has 0 atom stereocenters. The zero-order valence-corrected chi connectivity index (χ0v) is 11.4. The van der Waals surface area contributed by atoms with Crippen molar-refractivity contribution in [2.75, 3.05) is 13.1 Å². The van der Waals surface area contributed by atoms with E-state index in [-0.39, 0.29) is 12.5 Å². The summed E-state index contributed by atoms with van der Waals surface area (Å²) in [6.07, 6.45) is 7.38. The average molecular weight is 268 g/mol. The number of carbonyl (C=O) groups excluding carboxylic acids is 1. The zero-order valence-electron chi connectivity index (χ0n) is 11.4. The predicted octanol–water partition coefficient (Wildman–Crippen LogP) is 1.27. The van der Waals surface area contributed by atoms with Gasteiger partial charge in [-0.3, -0.25) is 9.59 Å². The standard InChI is InChI=1S/C14H24N2O3/c15-9-13(5-3-1-2-4-6-13)11(17)16-10-14(7-8-14)12(18)19/h1-10,15H2,(H,16,17)(H,18,19). The lowest BCUT2D eigenvalue weighted by Crippen LogP contribution is -2.48. The first kappa shape index (κ1) is 14.3. The summed E-state index contributed by atoms with van der Waals surface area (Å²) in [5, 5.41) is 12.0. The average Bonchev–Trinajstić information content (AvgIpc) is 3.21. The molecule has 0 aromatic carbocycles. The van der Waals surface area contributed by atoms with Crippen LogP contribution in [0.3, 0.4) is 0 Å². The minimum Gasteiger partial charge on any atom is -0.481 e. The second-order valence-corrected chi connectivity index (χ2v) is 6.17. The molecule has 0 radical (unpaired) electrons. The van der Waals surface area contributed by atoms with Crippen molar-refractivity contribution in [3.05, 3.63) is 0 Å². The smallest absolute Gasteiger partial charge is 0.311 e. The maximum absolute atomic E-state index is 12.4. The molecule has 0 bridgehead atoms. The normalized spacial score (nSPS) is 24.3. The Bertz CT molecular complexity index is 356. The van der Waals surface area contributed by atoms with E-state index in [1.54, 1.807) is 0 Å². The second kappa shape index (κ2) is 5.49. The Morgan fingerprint density at radius 1 is 1.00 bits per heavy atom. The molecule has 2 saturated carbocycles. The van der Waals surface area contributed by atoms with Crippen molar-refractivity contribution in [3.63, 3.8) is 0 Å². The topological polar surface area (TPSA) is 92.4 Å². The van der Waals surface area contributed by atoms with E-state index in [1.807, 2.05) is 0 Å². The Labute approximate surface area is 113 Å². The minimum absolute atomic E-state index is 0.0376. The molecule has 2 rings (SSSR count). The summed E-state index contributed by atoms with van der Waals surface area (Å²) in [4.78, 5) is 23.5. The SMILES string of the molecule is NCC1(C(=O)NCC2(C(=O)O)CC2)CCCCCC1. The number of hydrogen-bond acceptors (Lipinski definition) is 3. The van der Waals surface area contributed by atoms with Gasteiger partial charge in [-0.2, -0.15) is 0 Å². The molecule has 4 N–H and O–H groups in total. The Morgan fingerprint density at radius 3 is 2.00 bits per heavy atom. The molecular formula is C14H24N2O3. The van der Waals surface area contributed by atoms with E-state index >= 15 is 0 Å². The monoisotopic (exact) mass is 268 g/mol. The fourth-order valence-electron chi connectivity index (χ4n) is 2.98. The van der Waals surface area contributed by atoms with Gasteiger partial charge in [-0.1, -0.05) is 25.7 Å². The van der Waals surface area contributed by atoms with Gasteiger partial charge in [0.05, 0.1) is 10.8 Å². The highest BCUT2D eigenvalue weighted by molar-refractivity contribution is 5.84. The Balaban J connectivity index is 1.95. The highest BCUT2D eigenvalue weighted by Crippen LogP contribution is 2.45. The van der Waals surface area contributed by atoms with Gasteiger partial charge in [0.25, 0.3) is 0 Å². The molecular weight excluding hydrogens is 244 g/mol. The molecule has 19 heavy (non-hydrogen) atoms. The molecule has 0 aromatic rings. The van der Waals surface area contributed by atoms with Crippen molar-refractivity contribution in [2.24, 2.45) is 16.6 Å². The van der Waals surface area contributed by atoms with Crippen molar-refractivity contribution in [3.8, 4) is 0 Å². The highest BCUT2D eigenvalue weighted by Gasteiger charge is 2.51. The van der Waals surface area contributed by atoms with Crippen LogP contribution in [0.25, 0.3) is 0 Å². The van der Waals surface area contributed by atoms with E-state index in [4.69, 9.17) is 10.8 Å². The van der Waals surface area contributed by atoms with E-state index in [9.17, 15) is 9.59 Å². The summed E-state index contributed by atoms with van der Waals surface area (Å²) in [7, 11) is 0. The molecule has 2 aliphatic rings. The third kappa shape index (κ3) is 2.91. The molecule has 0 aromatic heterocycles. The number of nitrogens with two attached hydrogens (primary N) is 1. The van der Waals surface area contributed by atoms with Crippen LogP contribution in [0.5, 0.6) is 0 Å². The lowest BCUT2D eigenvalue weighted by Gasteiger charge is -2.30. The number of carboxylic acid groups (broad SMARTS) is 1. The van der Waals surface area contributed by atoms with Gasteiger partial charge in [0, 0.05) is 13.1 Å². The summed E-state index contributed by atoms with van der Waals surface area (Å²) >= 11 is 0. The Kier molecular flexibility index (Phi) is 4.13. The predicted molar refractivity (Wildman–Crippen MR) is 71.5 cm³/mol. The van der Waals surface area contributed by atoms with Crippen LogP contribution in [0, 0.1) is 10.8 Å². The lowest BCUT2D eigenvalue weighted by atomic mass is 9.79. The van der Waals surface area contributed by atoms with E-state index < -0.39 is 16.8 Å². The molecule has 2 aliphatic carbocycles. The largest absolute Gasteiger partial charge is 0.481 e. The maximum Gasteiger partial charge on any atom is 0.311 e. The van der Waals surface area contributed by atoms with Crippen LogP contribution in [-0.2, 0) is 9.59 Å². The quantitative estimate of drug-likeness (QED) is 0.655. The minimum atomic E-state index is -0.796. The van der Waals surface area contributed by atoms with E-state index in [0.717, 1.165) is 38.5 Å². The number of carbonyl (C=O) groups is 2. The van der Waals surface area contributed by atoms with Gasteiger partial charge in [-0.25, -0.2) is 0 Å².